The van der Waals surface area contributed by atoms with Gasteiger partial charge in [0.2, 0.25) is 0 Å². The van der Waals surface area contributed by atoms with Crippen molar-refractivity contribution < 1.29 is 236 Å². The van der Waals surface area contributed by atoms with Gasteiger partial charge in [-0.1, -0.05) is 0 Å². The number of aliphatic hydroxyl groups is 6. The van der Waals surface area contributed by atoms with Gasteiger partial charge in [0.25, 0.3) is 0 Å². The number of carbonyl (C=O) groups is 6. The van der Waals surface area contributed by atoms with Gasteiger partial charge in [0.15, 0.2) is 69.0 Å². The highest BCUT2D eigenvalue weighted by Crippen LogP contribution is 2.52. The SMILES string of the molecule is [2H]C([2H])([2H])Oc1cc2c(cc1OC([2H])([2H])[2H])C([2H])([2H])C([2H])([2H])N1C[C@]([2H])(C([2H])([2H])C(C)(O)C([2H])([2H])[2H])C(=O)C([2H])([2H])[C@@H]21.[2H]C([2H])([2H])Oc1cc2c(cc1OC)C([2H])([2H])C([2H])([2H])N1C[C@]([2H])(C([2H])([2H])C(C)(O)C([2H])([2H])[2H])C(=O)C([2H])([2H])[C@@H]21.[2H]C([2H])([2H])Oc1cc2c(cc1OC)C([2H])([2H])C([2H])([2H])N1[C@H]2CC(=O)[C@@H](C([2H])([2H])C(C)(O)C([2H])([2H])[2H])C1([2H])[2H].[2H]C([2H])([2H])Oc1cc2c(cc1OC)[C@@H]1CC(=O)[C@@H](C([2H])([2H])C(C)(O)C([2H])([2H])[2H])C([2H])([2H])N1C([2H])([2H])C2([2H])[2H].[2H]C([2H])([2H])Oc1cc2c(cc1OC)[C@H]1N(C[C@]([2H])(C([2H])([2H])C(C)(O)C([2H])([2H])[2H])C(=O)C1([2H])[2H])C([2H])([2H])C2([2H])[2H].[2H]C1([2H])[C@H](C([2H])([2H])C(C)(O)C([2H])([2H])[2H])C(=O)C[C@H]2c3cc(OC)c(OC)cc3C([2H])([2H])C([2H])([2H])N21. The van der Waals surface area contributed by atoms with Gasteiger partial charge in [-0.05, 0) is 299 Å². The molecule has 0 spiro atoms. The molecule has 18 atom stereocenters. The molecule has 18 rings (SSSR count). The highest BCUT2D eigenvalue weighted by atomic mass is 16.5. The lowest BCUT2D eigenvalue weighted by molar-refractivity contribution is -0.132. The van der Waals surface area contributed by atoms with Crippen molar-refractivity contribution in [3.05, 3.63) is 140 Å². The second-order valence-corrected chi connectivity index (χ2v) is 34.1. The van der Waals surface area contributed by atoms with E-state index in [-0.39, 0.29) is 67.9 Å². The van der Waals surface area contributed by atoms with Crippen LogP contribution in [0.3, 0.4) is 0 Å². The molecule has 6 saturated heterocycles. The summed E-state index contributed by atoms with van der Waals surface area (Å²) >= 11 is 0. The normalized spacial score (nSPS) is 44.7. The van der Waals surface area contributed by atoms with Crippen LogP contribution in [0.5, 0.6) is 69.0 Å². The minimum absolute atomic E-state index is 0.0431. The molecule has 0 aromatic heterocycles. The first-order valence-electron chi connectivity index (χ1n) is 86.4. The standard InChI is InChI=1S/6C19H27NO4/c6*1-19(2,22)10-13-11-20-6-5-12-7-17(23-3)18(24-4)8-14(12)15(20)9-16(13)21/h6*7-8,13,15,22H,5-6,9-11H2,1-4H3/t6*13-,15-/m000000/s1/i1D3,3D3,4D3,5D2,6D2,9D2,10D2,13D;1D3,4D3,5D2,6D2,9D2,10D2,13D;1D3,3D3,5D2,6D2,9D2,10D2,13D;1D3,4D3,5D2,6D2,10D2,11D2;1D3,3D3,5D2,6D2,10D2,11D2;1D3,5D2,6D2,10D2,11D2/t6*13-,15-,19?. The fraction of sp³-hybridized carbons (Fsp3) is 0.632. The molecule has 0 aliphatic carbocycles. The first-order chi connectivity index (χ1) is 102. The minimum Gasteiger partial charge on any atom is -0.493 e. The molecule has 6 unspecified atom stereocenters. The van der Waals surface area contributed by atoms with Crippen molar-refractivity contribution in [1.82, 2.24) is 29.4 Å². The van der Waals surface area contributed by atoms with Crippen LogP contribution in [0, 0.1) is 35.4 Å². The van der Waals surface area contributed by atoms with E-state index in [0.717, 1.165) is 77.0 Å². The van der Waals surface area contributed by atoms with E-state index in [4.69, 9.17) is 176 Å². The van der Waals surface area contributed by atoms with Crippen molar-refractivity contribution in [1.29, 1.82) is 0 Å². The van der Waals surface area contributed by atoms with E-state index < -0.39 is 484 Å². The Labute approximate surface area is 974 Å². The Hall–Kier alpha value is -9.54. The summed E-state index contributed by atoms with van der Waals surface area (Å²) in [6, 6.07) is 0.610. The maximum absolute atomic E-state index is 13.6. The van der Waals surface area contributed by atoms with Crippen LogP contribution < -0.4 is 56.8 Å². The van der Waals surface area contributed by atoms with Crippen LogP contribution in [-0.4, -0.2) is 291 Å². The first-order valence-corrected chi connectivity index (χ1v) is 42.9. The summed E-state index contributed by atoms with van der Waals surface area (Å²) in [6.45, 7) is -51.2. The van der Waals surface area contributed by atoms with Crippen molar-refractivity contribution in [3.63, 3.8) is 0 Å². The molecule has 6 aromatic rings. The zero-order valence-electron chi connectivity index (χ0n) is 166. The van der Waals surface area contributed by atoms with E-state index in [2.05, 4.69) is 0 Å². The Balaban J connectivity index is 0.000000219. The van der Waals surface area contributed by atoms with Crippen LogP contribution in [0.15, 0.2) is 72.8 Å². The first kappa shape index (κ1) is 43.9. The number of Topliss-reactive ketones (excluding diaryl/α,β-unsaturated/α-hetero) is 6. The molecule has 0 amide bonds. The number of aryl methyl sites for hydroxylation is 6. The van der Waals surface area contributed by atoms with E-state index in [1.807, 2.05) is 0 Å². The lowest BCUT2D eigenvalue weighted by Gasteiger charge is -2.44. The van der Waals surface area contributed by atoms with Crippen LogP contribution >= 0.6 is 0 Å². The number of nitrogens with zero attached hydrogens (tertiary/aromatic N) is 6. The predicted molar refractivity (Wildman–Crippen MR) is 550 cm³/mol. The summed E-state index contributed by atoms with van der Waals surface area (Å²) in [5.41, 5.74) is -24.5. The topological polar surface area (TPSA) is 354 Å². The maximum atomic E-state index is 13.6. The molecule has 6 fully saturated rings. The summed E-state index contributed by atoms with van der Waals surface area (Å²) in [5, 5.41) is 63.9. The number of fused-ring (bicyclic) bond motifs is 18. The largest absolute Gasteiger partial charge is 0.493 e. The fourth-order valence-corrected chi connectivity index (χ4v) is 16.3. The van der Waals surface area contributed by atoms with Gasteiger partial charge in [0, 0.05) is 283 Å². The summed E-state index contributed by atoms with van der Waals surface area (Å²) in [5.74, 6) is -31.5. The highest BCUT2D eigenvalue weighted by molar-refractivity contribution is 5.87. The van der Waals surface area contributed by atoms with Crippen molar-refractivity contribution in [2.75, 3.05) is 163 Å². The summed E-state index contributed by atoms with van der Waals surface area (Å²) < 4.78 is 766. The zero-order chi connectivity index (χ0) is 181. The lowest BCUT2D eigenvalue weighted by Crippen LogP contribution is -2.47. The van der Waals surface area contributed by atoms with E-state index in [1.54, 1.807) is 0 Å². The van der Waals surface area contributed by atoms with Gasteiger partial charge >= 0.3 is 0 Å². The molecule has 0 saturated carbocycles. The van der Waals surface area contributed by atoms with E-state index in [0.29, 0.717) is 83.1 Å². The van der Waals surface area contributed by atoms with Crippen LogP contribution in [-0.2, 0) is 67.0 Å². The molecule has 144 heavy (non-hydrogen) atoms. The van der Waals surface area contributed by atoms with Crippen molar-refractivity contribution in [2.24, 2.45) is 35.4 Å². The molecule has 792 valence electrons. The molecule has 0 radical (unpaired) electrons. The van der Waals surface area contributed by atoms with Gasteiger partial charge in [0.1, 0.15) is 34.7 Å². The number of methoxy groups -OCH3 is 12. The number of benzene rings is 6. The lowest BCUT2D eigenvalue weighted by atomic mass is 9.79. The molecular formula is C114H162N6O24. The third-order valence-electron chi connectivity index (χ3n) is 22.5. The molecule has 12 aliphatic heterocycles. The Bertz CT molecular complexity index is 9680. The van der Waals surface area contributed by atoms with Crippen molar-refractivity contribution >= 4 is 34.7 Å². The number of rotatable bonds is 24. The molecule has 12 aliphatic rings. The van der Waals surface area contributed by atoms with Gasteiger partial charge in [0.05, 0.1) is 143 Å². The van der Waals surface area contributed by atoms with Gasteiger partial charge in [-0.3, -0.25) is 58.2 Å². The fourth-order valence-electron chi connectivity index (χ4n) is 16.3. The molecular weight excluding hydrogens is 1840 g/mol. The molecule has 6 N–H and O–H groups in total. The average Bonchev–Trinajstić information content (AvgIpc) is 0.668. The number of carbonyl (C=O) groups excluding carboxylic acids is 6. The van der Waals surface area contributed by atoms with Gasteiger partial charge < -0.3 is 87.5 Å². The second-order valence-electron chi connectivity index (χ2n) is 34.1. The summed E-state index contributed by atoms with van der Waals surface area (Å²) in [7, 11) is -11.4. The van der Waals surface area contributed by atoms with E-state index in [1.165, 1.54) is 26.4 Å². The van der Waals surface area contributed by atoms with E-state index >= 15 is 0 Å². The third-order valence-corrected chi connectivity index (χ3v) is 22.5. The van der Waals surface area contributed by atoms with Gasteiger partial charge in [-0.15, -0.1) is 0 Å². The van der Waals surface area contributed by atoms with Gasteiger partial charge in [-0.2, -0.15) is 0 Å². The van der Waals surface area contributed by atoms with Crippen LogP contribution in [0.4, 0.5) is 0 Å². The Kier molecular flexibility index (Phi) is 14.2. The maximum Gasteiger partial charge on any atom is 0.161 e. The Morgan fingerprint density at radius 2 is 0.458 bits per heavy atom. The van der Waals surface area contributed by atoms with Crippen LogP contribution in [0.1, 0.15) is 382 Å². The summed E-state index contributed by atoms with van der Waals surface area (Å²) in [6.07, 6.45) is -52.4. The quantitative estimate of drug-likeness (QED) is 0.0328. The smallest absolute Gasteiger partial charge is 0.161 e. The Morgan fingerprint density at radius 3 is 0.660 bits per heavy atom. The van der Waals surface area contributed by atoms with Crippen LogP contribution in [0.2, 0.25) is 0 Å². The van der Waals surface area contributed by atoms with E-state index in [9.17, 15) is 59.4 Å². The number of ether oxygens (including phenoxy) is 12. The average molecular weight is 2090 g/mol. The third kappa shape index (κ3) is 27.1. The summed E-state index contributed by atoms with van der Waals surface area (Å²) in [4.78, 5) is 82.9. The monoisotopic (exact) mass is 2090 g/mol. The zero-order valence-corrected chi connectivity index (χ0v) is 78.6. The van der Waals surface area contributed by atoms with Crippen LogP contribution in [0.25, 0.3) is 0 Å². The highest BCUT2D eigenvalue weighted by Gasteiger charge is 2.48. The molecule has 6 aromatic carbocycles. The molecule has 30 nitrogen and oxygen atoms in total. The molecule has 0 bridgehead atoms. The van der Waals surface area contributed by atoms with Gasteiger partial charge in [-0.25, -0.2) is 0 Å². The number of ketones is 6. The minimum atomic E-state index is -3.78. The van der Waals surface area contributed by atoms with Crippen molar-refractivity contribution in [3.8, 4) is 69.0 Å². The number of hydrogen-bond donors (Lipinski definition) is 6. The predicted octanol–water partition coefficient (Wildman–Crippen LogP) is 14.1. The molecule has 30 heteroatoms. The second kappa shape index (κ2) is 46.5. The number of piperidine rings is 6. The number of hydrogen-bond acceptors (Lipinski definition) is 30. The Morgan fingerprint density at radius 1 is 0.278 bits per heavy atom. The van der Waals surface area contributed by atoms with Crippen molar-refractivity contribution in [2.45, 2.75) is 267 Å². The molecule has 12 heterocycles.